The highest BCUT2D eigenvalue weighted by Gasteiger charge is 2.54. The number of nitrogens with zero attached hydrogens (tertiary/aromatic N) is 1. The Kier molecular flexibility index (Phi) is 2.78. The molecular weight excluding hydrogens is 205 g/mol. The van der Waals surface area contributed by atoms with E-state index in [1.54, 1.807) is 0 Å². The maximum Gasteiger partial charge on any atom is 0.475 e. The molecular formula is C10H22BNO2Si. The lowest BCUT2D eigenvalue weighted by Crippen LogP contribution is -2.43. The molecule has 2 aliphatic rings. The van der Waals surface area contributed by atoms with E-state index in [0.29, 0.717) is 5.94 Å². The molecule has 0 amide bonds. The molecule has 1 unspecified atom stereocenters. The average Bonchev–Trinajstić information content (AvgIpc) is 2.55. The van der Waals surface area contributed by atoms with Gasteiger partial charge in [0.05, 0.1) is 21.6 Å². The highest BCUT2D eigenvalue weighted by molar-refractivity contribution is 6.48. The van der Waals surface area contributed by atoms with Gasteiger partial charge in [0.2, 0.25) is 0 Å². The van der Waals surface area contributed by atoms with Crippen molar-refractivity contribution in [2.45, 2.75) is 57.7 Å². The first-order valence-corrected chi connectivity index (χ1v) is 6.79. The van der Waals surface area contributed by atoms with Crippen molar-refractivity contribution in [3.8, 4) is 0 Å². The fourth-order valence-electron chi connectivity index (χ4n) is 2.33. The Balaban J connectivity index is 2.09. The normalized spacial score (nSPS) is 35.2. The van der Waals surface area contributed by atoms with Gasteiger partial charge in [-0.2, -0.15) is 0 Å². The summed E-state index contributed by atoms with van der Waals surface area (Å²) in [6.07, 6.45) is 2.51. The minimum atomic E-state index is -0.178. The van der Waals surface area contributed by atoms with Gasteiger partial charge < -0.3 is 13.9 Å². The van der Waals surface area contributed by atoms with Gasteiger partial charge in [-0.1, -0.05) is 0 Å². The van der Waals surface area contributed by atoms with Gasteiger partial charge in [0.1, 0.15) is 0 Å². The maximum absolute atomic E-state index is 6.08. The van der Waals surface area contributed by atoms with E-state index in [9.17, 15) is 0 Å². The summed E-state index contributed by atoms with van der Waals surface area (Å²) < 4.78 is 14.6. The van der Waals surface area contributed by atoms with Gasteiger partial charge in [-0.05, 0) is 47.1 Å². The second-order valence-electron chi connectivity index (χ2n) is 5.81. The van der Waals surface area contributed by atoms with E-state index in [1.807, 2.05) is 0 Å². The summed E-state index contributed by atoms with van der Waals surface area (Å²) >= 11 is 0. The van der Waals surface area contributed by atoms with Crippen LogP contribution in [0, 0.1) is 0 Å². The first-order chi connectivity index (χ1) is 6.83. The van der Waals surface area contributed by atoms with Crippen molar-refractivity contribution in [1.29, 1.82) is 0 Å². The maximum atomic E-state index is 6.08. The van der Waals surface area contributed by atoms with Gasteiger partial charge in [0.25, 0.3) is 0 Å². The summed E-state index contributed by atoms with van der Waals surface area (Å²) in [5.74, 6) is 0.498. The van der Waals surface area contributed by atoms with Crippen molar-refractivity contribution in [1.82, 2.24) is 4.57 Å². The van der Waals surface area contributed by atoms with Crippen LogP contribution in [0.25, 0.3) is 0 Å². The van der Waals surface area contributed by atoms with Crippen molar-refractivity contribution >= 4 is 17.5 Å². The average molecular weight is 227 g/mol. The Labute approximate surface area is 96.1 Å². The minimum absolute atomic E-state index is 0.0185. The molecule has 0 spiro atoms. The molecule has 2 fully saturated rings. The minimum Gasteiger partial charge on any atom is -0.402 e. The Hall–Kier alpha value is 0.162. The molecule has 3 nitrogen and oxygen atoms in total. The van der Waals surface area contributed by atoms with Gasteiger partial charge in [0.15, 0.2) is 0 Å². The predicted octanol–water partition coefficient (Wildman–Crippen LogP) is 0.363. The smallest absolute Gasteiger partial charge is 0.402 e. The molecule has 0 N–H and O–H groups in total. The van der Waals surface area contributed by atoms with Crippen LogP contribution in [0.3, 0.4) is 0 Å². The topological polar surface area (TPSA) is 21.7 Å². The molecule has 2 rings (SSSR count). The third kappa shape index (κ3) is 1.90. The Bertz CT molecular complexity index is 244. The van der Waals surface area contributed by atoms with Crippen LogP contribution in [0.4, 0.5) is 0 Å². The van der Waals surface area contributed by atoms with E-state index in [4.69, 9.17) is 9.31 Å². The van der Waals surface area contributed by atoms with E-state index in [1.165, 1.54) is 19.4 Å². The highest BCUT2D eigenvalue weighted by atomic mass is 28.2. The van der Waals surface area contributed by atoms with Crippen LogP contribution < -0.4 is 0 Å². The van der Waals surface area contributed by atoms with Crippen molar-refractivity contribution in [2.24, 2.45) is 0 Å². The second-order valence-corrected chi connectivity index (χ2v) is 6.96. The van der Waals surface area contributed by atoms with Crippen molar-refractivity contribution in [2.75, 3.05) is 6.54 Å². The SMILES string of the molecule is CC1(C)OB(C2CCCN2[SiH3])OC1(C)C. The van der Waals surface area contributed by atoms with E-state index >= 15 is 0 Å². The largest absolute Gasteiger partial charge is 0.475 e. The molecule has 0 aromatic heterocycles. The number of hydrogen-bond donors (Lipinski definition) is 0. The Morgan fingerprint density at radius 3 is 2.13 bits per heavy atom. The van der Waals surface area contributed by atoms with Gasteiger partial charge >= 0.3 is 7.12 Å². The molecule has 5 heteroatoms. The lowest BCUT2D eigenvalue weighted by molar-refractivity contribution is 0.00578. The van der Waals surface area contributed by atoms with E-state index in [2.05, 4.69) is 32.3 Å². The molecule has 0 radical (unpaired) electrons. The lowest BCUT2D eigenvalue weighted by atomic mass is 9.77. The summed E-state index contributed by atoms with van der Waals surface area (Å²) in [5.41, 5.74) is -0.356. The molecule has 2 heterocycles. The highest BCUT2D eigenvalue weighted by Crippen LogP contribution is 2.39. The predicted molar refractivity (Wildman–Crippen MR) is 65.7 cm³/mol. The first-order valence-electron chi connectivity index (χ1n) is 5.89. The molecule has 86 valence electrons. The van der Waals surface area contributed by atoms with Crippen molar-refractivity contribution in [3.05, 3.63) is 0 Å². The van der Waals surface area contributed by atoms with Crippen molar-refractivity contribution < 1.29 is 9.31 Å². The van der Waals surface area contributed by atoms with Crippen LogP contribution in [0.1, 0.15) is 40.5 Å². The molecule has 0 bridgehead atoms. The zero-order valence-corrected chi connectivity index (χ0v) is 12.5. The second kappa shape index (κ2) is 3.58. The molecule has 1 atom stereocenters. The monoisotopic (exact) mass is 227 g/mol. The summed E-state index contributed by atoms with van der Waals surface area (Å²) in [7, 11) is 1.09. The molecule has 0 aromatic carbocycles. The van der Waals surface area contributed by atoms with Gasteiger partial charge in [-0.25, -0.2) is 0 Å². The Morgan fingerprint density at radius 1 is 1.20 bits per heavy atom. The number of hydrogen-bond acceptors (Lipinski definition) is 3. The third-order valence-corrected chi connectivity index (χ3v) is 5.27. The molecule has 0 aliphatic carbocycles. The summed E-state index contributed by atoms with van der Waals surface area (Å²) in [6.45, 7) is 9.72. The summed E-state index contributed by atoms with van der Waals surface area (Å²) in [6, 6.07) is 0. The summed E-state index contributed by atoms with van der Waals surface area (Å²) in [4.78, 5) is 0. The van der Waals surface area contributed by atoms with Gasteiger partial charge in [0, 0.05) is 5.94 Å². The third-order valence-electron chi connectivity index (χ3n) is 4.16. The summed E-state index contributed by atoms with van der Waals surface area (Å²) in [5, 5.41) is 0. The van der Waals surface area contributed by atoms with E-state index in [-0.39, 0.29) is 18.3 Å². The first kappa shape index (κ1) is 11.6. The van der Waals surface area contributed by atoms with Gasteiger partial charge in [-0.3, -0.25) is 0 Å². The van der Waals surface area contributed by atoms with Gasteiger partial charge in [-0.15, -0.1) is 0 Å². The lowest BCUT2D eigenvalue weighted by Gasteiger charge is -2.32. The quantitative estimate of drug-likeness (QED) is 0.604. The van der Waals surface area contributed by atoms with Crippen LogP contribution in [-0.4, -0.2) is 45.8 Å². The van der Waals surface area contributed by atoms with Crippen LogP contribution in [0.5, 0.6) is 0 Å². The molecule has 0 saturated carbocycles. The zero-order valence-electron chi connectivity index (χ0n) is 10.5. The molecule has 0 aromatic rings. The zero-order chi connectivity index (χ0) is 11.3. The van der Waals surface area contributed by atoms with E-state index in [0.717, 1.165) is 10.4 Å². The van der Waals surface area contributed by atoms with Crippen LogP contribution in [0.2, 0.25) is 0 Å². The fourth-order valence-corrected chi connectivity index (χ4v) is 3.14. The van der Waals surface area contributed by atoms with Crippen LogP contribution in [0.15, 0.2) is 0 Å². The molecule has 15 heavy (non-hydrogen) atoms. The van der Waals surface area contributed by atoms with Crippen molar-refractivity contribution in [3.63, 3.8) is 0 Å². The van der Waals surface area contributed by atoms with Crippen LogP contribution >= 0.6 is 0 Å². The van der Waals surface area contributed by atoms with E-state index < -0.39 is 0 Å². The number of rotatable bonds is 1. The molecule has 2 saturated heterocycles. The standard InChI is InChI=1S/C10H22BNO2Si/c1-9(2)10(3,4)14-11(13-9)8-6-5-7-12(8)15/h8H,5-7H2,1-4,15H3. The molecule has 2 aliphatic heterocycles. The van der Waals surface area contributed by atoms with Crippen LogP contribution in [-0.2, 0) is 9.31 Å². The Morgan fingerprint density at radius 2 is 1.73 bits per heavy atom. The fraction of sp³-hybridized carbons (Fsp3) is 1.00.